The van der Waals surface area contributed by atoms with Crippen molar-refractivity contribution in [3.63, 3.8) is 0 Å². The van der Waals surface area contributed by atoms with Crippen LogP contribution in [0.5, 0.6) is 0 Å². The van der Waals surface area contributed by atoms with E-state index >= 15 is 0 Å². The van der Waals surface area contributed by atoms with Gasteiger partial charge in [-0.2, -0.15) is 0 Å². The average Bonchev–Trinajstić information content (AvgIpc) is 2.17. The van der Waals surface area contributed by atoms with Crippen molar-refractivity contribution in [3.05, 3.63) is 36.2 Å². The van der Waals surface area contributed by atoms with Crippen LogP contribution in [-0.4, -0.2) is 9.97 Å². The van der Waals surface area contributed by atoms with Crippen LogP contribution in [0.4, 0.5) is 0 Å². The second-order valence-corrected chi connectivity index (χ2v) is 3.09. The molecule has 2 N–H and O–H groups in total. The van der Waals surface area contributed by atoms with Gasteiger partial charge in [-0.15, -0.1) is 12.4 Å². The molecule has 1 unspecified atom stereocenters. The first kappa shape index (κ1) is 10.9. The molecule has 1 aromatic heterocycles. The van der Waals surface area contributed by atoms with Gasteiger partial charge in [0.05, 0.1) is 11.0 Å². The first-order valence-corrected chi connectivity index (χ1v) is 4.23. The lowest BCUT2D eigenvalue weighted by Crippen LogP contribution is -2.04. The normalized spacial score (nSPS) is 12.1. The molecule has 0 saturated heterocycles. The molecule has 0 bridgehead atoms. The minimum absolute atomic E-state index is 0. The molecule has 74 valence electrons. The summed E-state index contributed by atoms with van der Waals surface area (Å²) in [6.07, 6.45) is 3.38. The highest BCUT2D eigenvalue weighted by atomic mass is 35.5. The zero-order valence-electron chi connectivity index (χ0n) is 7.84. The summed E-state index contributed by atoms with van der Waals surface area (Å²) in [5.41, 5.74) is 8.66. The van der Waals surface area contributed by atoms with Crippen molar-refractivity contribution in [1.82, 2.24) is 9.97 Å². The highest BCUT2D eigenvalue weighted by Gasteiger charge is 2.00. The zero-order valence-corrected chi connectivity index (χ0v) is 8.66. The SMILES string of the molecule is CC(N)c1ccc2nccnc2c1.Cl. The summed E-state index contributed by atoms with van der Waals surface area (Å²) >= 11 is 0. The van der Waals surface area contributed by atoms with Crippen LogP contribution < -0.4 is 5.73 Å². The quantitative estimate of drug-likeness (QED) is 0.783. The van der Waals surface area contributed by atoms with Gasteiger partial charge >= 0.3 is 0 Å². The minimum Gasteiger partial charge on any atom is -0.324 e. The number of rotatable bonds is 1. The molecule has 2 aromatic rings. The van der Waals surface area contributed by atoms with E-state index in [0.717, 1.165) is 16.6 Å². The van der Waals surface area contributed by atoms with Crippen molar-refractivity contribution in [2.24, 2.45) is 5.73 Å². The average molecular weight is 210 g/mol. The van der Waals surface area contributed by atoms with Crippen LogP contribution in [-0.2, 0) is 0 Å². The van der Waals surface area contributed by atoms with E-state index in [1.807, 2.05) is 25.1 Å². The molecule has 0 aliphatic carbocycles. The Hall–Kier alpha value is -1.19. The number of hydrogen-bond donors (Lipinski definition) is 1. The van der Waals surface area contributed by atoms with E-state index in [-0.39, 0.29) is 18.4 Å². The lowest BCUT2D eigenvalue weighted by Gasteiger charge is -2.05. The van der Waals surface area contributed by atoms with E-state index in [9.17, 15) is 0 Å². The maximum atomic E-state index is 5.76. The van der Waals surface area contributed by atoms with Gasteiger partial charge in [0.2, 0.25) is 0 Å². The Labute approximate surface area is 88.8 Å². The number of aromatic nitrogens is 2. The van der Waals surface area contributed by atoms with Crippen LogP contribution in [0.25, 0.3) is 11.0 Å². The topological polar surface area (TPSA) is 51.8 Å². The molecule has 0 spiro atoms. The summed E-state index contributed by atoms with van der Waals surface area (Å²) in [7, 11) is 0. The summed E-state index contributed by atoms with van der Waals surface area (Å²) in [5, 5.41) is 0. The van der Waals surface area contributed by atoms with Gasteiger partial charge in [0, 0.05) is 18.4 Å². The molecule has 0 aliphatic rings. The van der Waals surface area contributed by atoms with E-state index in [0.29, 0.717) is 0 Å². The van der Waals surface area contributed by atoms with E-state index < -0.39 is 0 Å². The number of nitrogens with zero attached hydrogens (tertiary/aromatic N) is 2. The molecular formula is C10H12ClN3. The van der Waals surface area contributed by atoms with Crippen molar-refractivity contribution < 1.29 is 0 Å². The monoisotopic (exact) mass is 209 g/mol. The molecule has 0 aliphatic heterocycles. The molecule has 0 radical (unpaired) electrons. The van der Waals surface area contributed by atoms with Gasteiger partial charge in [-0.25, -0.2) is 0 Å². The third kappa shape index (κ3) is 2.00. The predicted octanol–water partition coefficient (Wildman–Crippen LogP) is 2.07. The van der Waals surface area contributed by atoms with Gasteiger partial charge in [-0.3, -0.25) is 9.97 Å². The summed E-state index contributed by atoms with van der Waals surface area (Å²) in [6.45, 7) is 1.96. The molecule has 3 nitrogen and oxygen atoms in total. The van der Waals surface area contributed by atoms with Gasteiger partial charge in [0.25, 0.3) is 0 Å². The Morgan fingerprint density at radius 1 is 1.14 bits per heavy atom. The van der Waals surface area contributed by atoms with Crippen LogP contribution >= 0.6 is 12.4 Å². The number of fused-ring (bicyclic) bond motifs is 1. The highest BCUT2D eigenvalue weighted by Crippen LogP contribution is 2.15. The first-order chi connectivity index (χ1) is 6.27. The Balaban J connectivity index is 0.000000980. The van der Waals surface area contributed by atoms with Gasteiger partial charge in [-0.05, 0) is 24.6 Å². The van der Waals surface area contributed by atoms with Gasteiger partial charge in [0.15, 0.2) is 0 Å². The third-order valence-electron chi connectivity index (χ3n) is 2.02. The molecule has 1 aromatic carbocycles. The molecule has 4 heteroatoms. The van der Waals surface area contributed by atoms with Crippen LogP contribution in [0.3, 0.4) is 0 Å². The Morgan fingerprint density at radius 2 is 1.79 bits per heavy atom. The van der Waals surface area contributed by atoms with Gasteiger partial charge in [0.1, 0.15) is 0 Å². The lowest BCUT2D eigenvalue weighted by molar-refractivity contribution is 0.819. The van der Waals surface area contributed by atoms with Crippen molar-refractivity contribution in [3.8, 4) is 0 Å². The Kier molecular flexibility index (Phi) is 3.38. The Morgan fingerprint density at radius 3 is 2.43 bits per heavy atom. The van der Waals surface area contributed by atoms with E-state index in [2.05, 4.69) is 9.97 Å². The second-order valence-electron chi connectivity index (χ2n) is 3.09. The number of benzene rings is 1. The maximum absolute atomic E-state index is 5.76. The van der Waals surface area contributed by atoms with Gasteiger partial charge in [-0.1, -0.05) is 6.07 Å². The smallest absolute Gasteiger partial charge is 0.0890 e. The number of nitrogens with two attached hydrogens (primary N) is 1. The van der Waals surface area contributed by atoms with E-state index in [1.165, 1.54) is 0 Å². The van der Waals surface area contributed by atoms with Crippen molar-refractivity contribution in [2.45, 2.75) is 13.0 Å². The van der Waals surface area contributed by atoms with Crippen molar-refractivity contribution >= 4 is 23.4 Å². The maximum Gasteiger partial charge on any atom is 0.0890 e. The number of halogens is 1. The first-order valence-electron chi connectivity index (χ1n) is 4.23. The molecule has 0 saturated carbocycles. The van der Waals surface area contributed by atoms with Crippen molar-refractivity contribution in [2.75, 3.05) is 0 Å². The molecule has 1 heterocycles. The second kappa shape index (κ2) is 4.35. The summed E-state index contributed by atoms with van der Waals surface area (Å²) in [4.78, 5) is 8.38. The van der Waals surface area contributed by atoms with Gasteiger partial charge < -0.3 is 5.73 Å². The molecular weight excluding hydrogens is 198 g/mol. The number of hydrogen-bond acceptors (Lipinski definition) is 3. The zero-order chi connectivity index (χ0) is 9.26. The lowest BCUT2D eigenvalue weighted by atomic mass is 10.1. The molecule has 0 amide bonds. The fourth-order valence-corrected chi connectivity index (χ4v) is 1.26. The standard InChI is InChI=1S/C10H11N3.ClH/c1-7(11)8-2-3-9-10(6-8)13-5-4-12-9;/h2-7H,11H2,1H3;1H. The molecule has 14 heavy (non-hydrogen) atoms. The van der Waals surface area contributed by atoms with Crippen LogP contribution in [0, 0.1) is 0 Å². The highest BCUT2D eigenvalue weighted by molar-refractivity contribution is 5.85. The summed E-state index contributed by atoms with van der Waals surface area (Å²) < 4.78 is 0. The minimum atomic E-state index is 0. The summed E-state index contributed by atoms with van der Waals surface area (Å²) in [5.74, 6) is 0. The van der Waals surface area contributed by atoms with Crippen LogP contribution in [0.15, 0.2) is 30.6 Å². The molecule has 1 atom stereocenters. The van der Waals surface area contributed by atoms with E-state index in [1.54, 1.807) is 12.4 Å². The fourth-order valence-electron chi connectivity index (χ4n) is 1.26. The molecule has 2 rings (SSSR count). The van der Waals surface area contributed by atoms with Crippen LogP contribution in [0.1, 0.15) is 18.5 Å². The fraction of sp³-hybridized carbons (Fsp3) is 0.200. The van der Waals surface area contributed by atoms with Crippen molar-refractivity contribution in [1.29, 1.82) is 0 Å². The van der Waals surface area contributed by atoms with Crippen LogP contribution in [0.2, 0.25) is 0 Å². The predicted molar refractivity (Wildman–Crippen MR) is 59.4 cm³/mol. The third-order valence-corrected chi connectivity index (χ3v) is 2.02. The summed E-state index contributed by atoms with van der Waals surface area (Å²) in [6, 6.07) is 5.96. The molecule has 0 fully saturated rings. The Bertz CT molecular complexity index is 428. The largest absolute Gasteiger partial charge is 0.324 e. The van der Waals surface area contributed by atoms with E-state index in [4.69, 9.17) is 5.73 Å².